The van der Waals surface area contributed by atoms with Crippen molar-refractivity contribution in [1.82, 2.24) is 4.98 Å². The molecule has 1 aliphatic rings. The number of fused-ring (bicyclic) bond motifs is 1. The molecule has 2 heterocycles. The van der Waals surface area contributed by atoms with Crippen LogP contribution in [0.1, 0.15) is 25.3 Å². The summed E-state index contributed by atoms with van der Waals surface area (Å²) in [5, 5.41) is 1.08. The summed E-state index contributed by atoms with van der Waals surface area (Å²) in [4.78, 5) is 16.9. The fourth-order valence-corrected chi connectivity index (χ4v) is 3.05. The van der Waals surface area contributed by atoms with Gasteiger partial charge >= 0.3 is 0 Å². The van der Waals surface area contributed by atoms with Crippen molar-refractivity contribution in [2.45, 2.75) is 32.3 Å². The minimum Gasteiger partial charge on any atom is -0.377 e. The van der Waals surface area contributed by atoms with E-state index in [4.69, 9.17) is 4.74 Å². The Labute approximate surface area is 119 Å². The summed E-state index contributed by atoms with van der Waals surface area (Å²) in [6.07, 6.45) is 4.14. The quantitative estimate of drug-likeness (QED) is 0.856. The van der Waals surface area contributed by atoms with Gasteiger partial charge in [-0.15, -0.1) is 0 Å². The van der Waals surface area contributed by atoms with Crippen LogP contribution < -0.4 is 0 Å². The van der Waals surface area contributed by atoms with E-state index in [-0.39, 0.29) is 12.0 Å². The fourth-order valence-electron chi connectivity index (χ4n) is 3.05. The second-order valence-corrected chi connectivity index (χ2v) is 5.34. The van der Waals surface area contributed by atoms with Gasteiger partial charge in [0.05, 0.1) is 11.6 Å². The van der Waals surface area contributed by atoms with Crippen LogP contribution in [0.4, 0.5) is 0 Å². The highest BCUT2D eigenvalue weighted by atomic mass is 16.5. The van der Waals surface area contributed by atoms with Crippen molar-refractivity contribution in [3.8, 4) is 0 Å². The zero-order chi connectivity index (χ0) is 13.9. The Hall–Kier alpha value is -1.74. The summed E-state index contributed by atoms with van der Waals surface area (Å²) in [5.74, 6) is 0.359. The second kappa shape index (κ2) is 5.71. The Morgan fingerprint density at radius 1 is 1.35 bits per heavy atom. The van der Waals surface area contributed by atoms with E-state index in [1.165, 1.54) is 0 Å². The maximum atomic E-state index is 12.5. The predicted octanol–water partition coefficient (Wildman–Crippen LogP) is 3.16. The Morgan fingerprint density at radius 3 is 3.05 bits per heavy atom. The molecule has 0 aliphatic carbocycles. The summed E-state index contributed by atoms with van der Waals surface area (Å²) < 4.78 is 5.63. The molecule has 2 aromatic rings. The number of rotatable bonds is 4. The van der Waals surface area contributed by atoms with Crippen molar-refractivity contribution < 1.29 is 9.53 Å². The van der Waals surface area contributed by atoms with Crippen molar-refractivity contribution in [2.24, 2.45) is 5.92 Å². The van der Waals surface area contributed by atoms with Crippen LogP contribution in [0, 0.1) is 5.92 Å². The van der Waals surface area contributed by atoms with Crippen molar-refractivity contribution in [2.75, 3.05) is 6.61 Å². The van der Waals surface area contributed by atoms with E-state index in [0.717, 1.165) is 29.3 Å². The van der Waals surface area contributed by atoms with Gasteiger partial charge in [-0.2, -0.15) is 0 Å². The number of carbonyl (C=O) groups excluding carboxylic acids is 1. The van der Waals surface area contributed by atoms with Crippen molar-refractivity contribution in [3.05, 3.63) is 42.1 Å². The zero-order valence-corrected chi connectivity index (χ0v) is 11.7. The zero-order valence-electron chi connectivity index (χ0n) is 11.7. The Bertz CT molecular complexity index is 618. The first kappa shape index (κ1) is 13.3. The Kier molecular flexibility index (Phi) is 3.79. The van der Waals surface area contributed by atoms with Crippen LogP contribution >= 0.6 is 0 Å². The highest BCUT2D eigenvalue weighted by Crippen LogP contribution is 2.26. The molecule has 1 saturated heterocycles. The lowest BCUT2D eigenvalue weighted by Crippen LogP contribution is -2.25. The number of ether oxygens (including phenoxy) is 1. The van der Waals surface area contributed by atoms with Gasteiger partial charge in [-0.05, 0) is 30.5 Å². The number of ketones is 1. The molecule has 0 bridgehead atoms. The van der Waals surface area contributed by atoms with E-state index >= 15 is 0 Å². The highest BCUT2D eigenvalue weighted by molar-refractivity contribution is 5.90. The van der Waals surface area contributed by atoms with E-state index in [1.807, 2.05) is 30.3 Å². The molecular formula is C17H19NO2. The number of benzene rings is 1. The van der Waals surface area contributed by atoms with Crippen LogP contribution in [0.25, 0.3) is 10.9 Å². The third kappa shape index (κ3) is 2.46. The number of hydrogen-bond acceptors (Lipinski definition) is 3. The molecule has 104 valence electrons. The molecule has 1 aromatic heterocycles. The van der Waals surface area contributed by atoms with Crippen LogP contribution in [0.2, 0.25) is 0 Å². The van der Waals surface area contributed by atoms with Crippen molar-refractivity contribution >= 4 is 16.7 Å². The van der Waals surface area contributed by atoms with Gasteiger partial charge in [0.15, 0.2) is 0 Å². The first-order chi connectivity index (χ1) is 9.79. The lowest BCUT2D eigenvalue weighted by atomic mass is 9.90. The van der Waals surface area contributed by atoms with Crippen molar-refractivity contribution in [3.63, 3.8) is 0 Å². The first-order valence-corrected chi connectivity index (χ1v) is 7.26. The van der Waals surface area contributed by atoms with Gasteiger partial charge in [-0.25, -0.2) is 0 Å². The summed E-state index contributed by atoms with van der Waals surface area (Å²) >= 11 is 0. The molecule has 0 saturated carbocycles. The molecule has 1 aliphatic heterocycles. The summed E-state index contributed by atoms with van der Waals surface area (Å²) in [5.41, 5.74) is 2.02. The van der Waals surface area contributed by atoms with E-state index in [2.05, 4.69) is 11.9 Å². The van der Waals surface area contributed by atoms with E-state index in [9.17, 15) is 4.79 Å². The average Bonchev–Trinajstić information content (AvgIpc) is 2.96. The number of Topliss-reactive ketones (excluding diaryl/α,β-unsaturated/α-hetero) is 1. The highest BCUT2D eigenvalue weighted by Gasteiger charge is 2.32. The van der Waals surface area contributed by atoms with Gasteiger partial charge < -0.3 is 4.74 Å². The molecular weight excluding hydrogens is 250 g/mol. The van der Waals surface area contributed by atoms with Crippen LogP contribution in [0.15, 0.2) is 36.5 Å². The third-order valence-electron chi connectivity index (χ3n) is 4.13. The number of hydrogen-bond donors (Lipinski definition) is 0. The van der Waals surface area contributed by atoms with Crippen LogP contribution in [-0.2, 0) is 16.0 Å². The molecule has 3 rings (SSSR count). The maximum absolute atomic E-state index is 12.5. The first-order valence-electron chi connectivity index (χ1n) is 7.26. The number of para-hydroxylation sites is 1. The molecule has 3 heteroatoms. The van der Waals surface area contributed by atoms with E-state index in [0.29, 0.717) is 18.8 Å². The molecule has 0 N–H and O–H groups in total. The van der Waals surface area contributed by atoms with Crippen LogP contribution in [0.5, 0.6) is 0 Å². The predicted molar refractivity (Wildman–Crippen MR) is 78.6 cm³/mol. The molecule has 3 nitrogen and oxygen atoms in total. The standard InChI is InChI=1S/C17H19NO2/c1-2-17-14(8-10-20-17)16(19)11-12-7-9-18-15-6-4-3-5-13(12)15/h3-7,9,14,17H,2,8,10-11H2,1H3. The number of carbonyl (C=O) groups is 1. The third-order valence-corrected chi connectivity index (χ3v) is 4.13. The normalized spacial score (nSPS) is 22.2. The Balaban J connectivity index is 1.84. The van der Waals surface area contributed by atoms with Gasteiger partial charge in [-0.3, -0.25) is 9.78 Å². The lowest BCUT2D eigenvalue weighted by molar-refractivity contribution is -0.123. The SMILES string of the molecule is CCC1OCCC1C(=O)Cc1ccnc2ccccc12. The van der Waals surface area contributed by atoms with Crippen LogP contribution in [0.3, 0.4) is 0 Å². The molecule has 0 spiro atoms. The monoisotopic (exact) mass is 269 g/mol. The number of pyridine rings is 1. The summed E-state index contributed by atoms with van der Waals surface area (Å²) in [6.45, 7) is 2.80. The summed E-state index contributed by atoms with van der Waals surface area (Å²) in [6, 6.07) is 9.94. The molecule has 2 unspecified atom stereocenters. The van der Waals surface area contributed by atoms with Gasteiger partial charge in [0.1, 0.15) is 5.78 Å². The maximum Gasteiger partial charge on any atom is 0.143 e. The van der Waals surface area contributed by atoms with Crippen LogP contribution in [-0.4, -0.2) is 23.5 Å². The fraction of sp³-hybridized carbons (Fsp3) is 0.412. The minimum atomic E-state index is 0.0620. The van der Waals surface area contributed by atoms with Gasteiger partial charge in [0, 0.05) is 30.5 Å². The molecule has 20 heavy (non-hydrogen) atoms. The van der Waals surface area contributed by atoms with Crippen molar-refractivity contribution in [1.29, 1.82) is 0 Å². The molecule has 1 fully saturated rings. The molecule has 1 aromatic carbocycles. The summed E-state index contributed by atoms with van der Waals surface area (Å²) in [7, 11) is 0. The molecule has 0 amide bonds. The van der Waals surface area contributed by atoms with Gasteiger partial charge in [0.25, 0.3) is 0 Å². The second-order valence-electron chi connectivity index (χ2n) is 5.34. The lowest BCUT2D eigenvalue weighted by Gasteiger charge is -2.16. The van der Waals surface area contributed by atoms with E-state index in [1.54, 1.807) is 6.20 Å². The van der Waals surface area contributed by atoms with Gasteiger partial charge in [-0.1, -0.05) is 25.1 Å². The van der Waals surface area contributed by atoms with E-state index < -0.39 is 0 Å². The largest absolute Gasteiger partial charge is 0.377 e. The number of aromatic nitrogens is 1. The molecule has 0 radical (unpaired) electrons. The Morgan fingerprint density at radius 2 is 2.20 bits per heavy atom. The smallest absolute Gasteiger partial charge is 0.143 e. The average molecular weight is 269 g/mol. The minimum absolute atomic E-state index is 0.0620. The topological polar surface area (TPSA) is 39.2 Å². The molecule has 2 atom stereocenters. The van der Waals surface area contributed by atoms with Gasteiger partial charge in [0.2, 0.25) is 0 Å². The number of nitrogens with zero attached hydrogens (tertiary/aromatic N) is 1.